The second kappa shape index (κ2) is 5.50. The van der Waals surface area contributed by atoms with E-state index in [4.69, 9.17) is 0 Å². The van der Waals surface area contributed by atoms with Crippen molar-refractivity contribution in [1.29, 1.82) is 0 Å². The molecule has 2 heterocycles. The Morgan fingerprint density at radius 3 is 2.61 bits per heavy atom. The molecule has 0 saturated carbocycles. The molecule has 2 aliphatic rings. The molecule has 2 unspecified atom stereocenters. The van der Waals surface area contributed by atoms with Gasteiger partial charge in [-0.2, -0.15) is 0 Å². The molecule has 2 rings (SSSR count). The molecule has 0 aromatic heterocycles. The minimum absolute atomic E-state index is 0.495. The molecular formula is C16H32N2. The van der Waals surface area contributed by atoms with Crippen LogP contribution >= 0.6 is 0 Å². The molecule has 18 heavy (non-hydrogen) atoms. The Balaban J connectivity index is 1.85. The summed E-state index contributed by atoms with van der Waals surface area (Å²) >= 11 is 0. The van der Waals surface area contributed by atoms with Gasteiger partial charge in [-0.25, -0.2) is 0 Å². The molecule has 2 saturated heterocycles. The number of nitrogens with zero attached hydrogens (tertiary/aromatic N) is 1. The zero-order valence-corrected chi connectivity index (χ0v) is 12.9. The second-order valence-electron chi connectivity index (χ2n) is 8.01. The summed E-state index contributed by atoms with van der Waals surface area (Å²) in [5.41, 5.74) is 1.02. The van der Waals surface area contributed by atoms with E-state index < -0.39 is 0 Å². The van der Waals surface area contributed by atoms with E-state index in [2.05, 4.69) is 37.9 Å². The average Bonchev–Trinajstić information content (AvgIpc) is 2.54. The summed E-state index contributed by atoms with van der Waals surface area (Å²) in [7, 11) is 0. The van der Waals surface area contributed by atoms with Gasteiger partial charge in [-0.3, -0.25) is 0 Å². The van der Waals surface area contributed by atoms with E-state index in [-0.39, 0.29) is 0 Å². The van der Waals surface area contributed by atoms with Gasteiger partial charge in [-0.1, -0.05) is 27.7 Å². The Morgan fingerprint density at radius 1 is 1.22 bits per heavy atom. The van der Waals surface area contributed by atoms with Crippen LogP contribution in [0.1, 0.15) is 53.4 Å². The number of likely N-dealkylation sites (tertiary alicyclic amines) is 1. The summed E-state index contributed by atoms with van der Waals surface area (Å²) in [6, 6.07) is 0. The predicted molar refractivity (Wildman–Crippen MR) is 78.8 cm³/mol. The highest BCUT2D eigenvalue weighted by Gasteiger charge is 2.32. The van der Waals surface area contributed by atoms with Crippen LogP contribution in [0.3, 0.4) is 0 Å². The first-order chi connectivity index (χ1) is 8.39. The van der Waals surface area contributed by atoms with Gasteiger partial charge in [0.05, 0.1) is 0 Å². The quantitative estimate of drug-likeness (QED) is 0.812. The molecule has 0 radical (unpaired) electrons. The zero-order chi connectivity index (χ0) is 13.2. The summed E-state index contributed by atoms with van der Waals surface area (Å²) in [6.07, 6.45) is 5.57. The van der Waals surface area contributed by atoms with Gasteiger partial charge in [0, 0.05) is 13.1 Å². The second-order valence-corrected chi connectivity index (χ2v) is 8.01. The van der Waals surface area contributed by atoms with Crippen LogP contribution < -0.4 is 5.32 Å². The lowest BCUT2D eigenvalue weighted by Gasteiger charge is -2.32. The highest BCUT2D eigenvalue weighted by molar-refractivity contribution is 4.88. The minimum Gasteiger partial charge on any atom is -0.316 e. The maximum Gasteiger partial charge on any atom is 0.00480 e. The molecule has 0 bridgehead atoms. The van der Waals surface area contributed by atoms with E-state index in [1.54, 1.807) is 0 Å². The van der Waals surface area contributed by atoms with E-state index in [0.717, 1.165) is 5.92 Å². The fourth-order valence-electron chi connectivity index (χ4n) is 3.72. The monoisotopic (exact) mass is 252 g/mol. The number of rotatable bonds is 2. The first-order valence-electron chi connectivity index (χ1n) is 7.82. The van der Waals surface area contributed by atoms with E-state index in [0.29, 0.717) is 10.8 Å². The van der Waals surface area contributed by atoms with E-state index >= 15 is 0 Å². The molecule has 0 spiro atoms. The summed E-state index contributed by atoms with van der Waals surface area (Å²) in [6.45, 7) is 16.1. The molecule has 0 aromatic carbocycles. The summed E-state index contributed by atoms with van der Waals surface area (Å²) in [5.74, 6) is 0.914. The van der Waals surface area contributed by atoms with Crippen molar-refractivity contribution in [2.45, 2.75) is 53.4 Å². The number of hydrogen-bond acceptors (Lipinski definition) is 2. The minimum atomic E-state index is 0.495. The first-order valence-corrected chi connectivity index (χ1v) is 7.82. The molecule has 2 fully saturated rings. The number of nitrogens with one attached hydrogen (secondary N) is 1. The van der Waals surface area contributed by atoms with Crippen LogP contribution in [0.4, 0.5) is 0 Å². The third-order valence-electron chi connectivity index (χ3n) is 5.11. The van der Waals surface area contributed by atoms with Gasteiger partial charge in [0.15, 0.2) is 0 Å². The maximum absolute atomic E-state index is 3.52. The van der Waals surface area contributed by atoms with Gasteiger partial charge in [-0.05, 0) is 62.1 Å². The lowest BCUT2D eigenvalue weighted by molar-refractivity contribution is 0.170. The Hall–Kier alpha value is -0.0800. The Kier molecular flexibility index (Phi) is 4.38. The van der Waals surface area contributed by atoms with Crippen LogP contribution in [-0.4, -0.2) is 37.6 Å². The van der Waals surface area contributed by atoms with Crippen LogP contribution in [0.5, 0.6) is 0 Å². The number of hydrogen-bond donors (Lipinski definition) is 1. The molecule has 0 aliphatic carbocycles. The average molecular weight is 252 g/mol. The van der Waals surface area contributed by atoms with Crippen molar-refractivity contribution in [2.24, 2.45) is 16.7 Å². The molecule has 106 valence electrons. The Bertz CT molecular complexity index is 261. The van der Waals surface area contributed by atoms with E-state index in [1.165, 1.54) is 58.4 Å². The predicted octanol–water partition coefficient (Wildman–Crippen LogP) is 3.13. The fourth-order valence-corrected chi connectivity index (χ4v) is 3.72. The highest BCUT2D eigenvalue weighted by atomic mass is 15.1. The standard InChI is InChI=1S/C16H32N2/c1-15(2,3)14-6-5-10-18(11-7-14)13-16(4)8-9-17-12-16/h14,17H,5-13H2,1-4H3. The molecule has 0 amide bonds. The van der Waals surface area contributed by atoms with Gasteiger partial charge in [0.1, 0.15) is 0 Å². The van der Waals surface area contributed by atoms with Crippen molar-refractivity contribution in [3.8, 4) is 0 Å². The van der Waals surface area contributed by atoms with Crippen molar-refractivity contribution in [3.63, 3.8) is 0 Å². The molecule has 2 atom stereocenters. The van der Waals surface area contributed by atoms with Crippen LogP contribution in [0.25, 0.3) is 0 Å². The van der Waals surface area contributed by atoms with Crippen molar-refractivity contribution in [3.05, 3.63) is 0 Å². The molecule has 1 N–H and O–H groups in total. The molecule has 2 aliphatic heterocycles. The van der Waals surface area contributed by atoms with Crippen molar-refractivity contribution >= 4 is 0 Å². The third kappa shape index (κ3) is 3.71. The van der Waals surface area contributed by atoms with Gasteiger partial charge in [0.25, 0.3) is 0 Å². The van der Waals surface area contributed by atoms with Gasteiger partial charge in [-0.15, -0.1) is 0 Å². The largest absolute Gasteiger partial charge is 0.316 e. The van der Waals surface area contributed by atoms with E-state index in [9.17, 15) is 0 Å². The zero-order valence-electron chi connectivity index (χ0n) is 12.9. The van der Waals surface area contributed by atoms with Gasteiger partial charge >= 0.3 is 0 Å². The first kappa shape index (κ1) is 14.3. The lowest BCUT2D eigenvalue weighted by atomic mass is 9.77. The highest BCUT2D eigenvalue weighted by Crippen LogP contribution is 2.35. The van der Waals surface area contributed by atoms with Crippen LogP contribution in [0.15, 0.2) is 0 Å². The Labute approximate surface area is 114 Å². The molecular weight excluding hydrogens is 220 g/mol. The van der Waals surface area contributed by atoms with Crippen molar-refractivity contribution in [2.75, 3.05) is 32.7 Å². The summed E-state index contributed by atoms with van der Waals surface area (Å²) in [5, 5.41) is 3.52. The smallest absolute Gasteiger partial charge is 0.00480 e. The molecule has 2 heteroatoms. The lowest BCUT2D eigenvalue weighted by Crippen LogP contribution is -2.38. The maximum atomic E-state index is 3.52. The van der Waals surface area contributed by atoms with Gasteiger partial charge in [0.2, 0.25) is 0 Å². The van der Waals surface area contributed by atoms with E-state index in [1.807, 2.05) is 0 Å². The van der Waals surface area contributed by atoms with Crippen molar-refractivity contribution in [1.82, 2.24) is 10.2 Å². The fraction of sp³-hybridized carbons (Fsp3) is 1.00. The third-order valence-corrected chi connectivity index (χ3v) is 5.11. The van der Waals surface area contributed by atoms with Crippen LogP contribution in [0.2, 0.25) is 0 Å². The summed E-state index contributed by atoms with van der Waals surface area (Å²) in [4.78, 5) is 2.73. The van der Waals surface area contributed by atoms with Crippen LogP contribution in [-0.2, 0) is 0 Å². The van der Waals surface area contributed by atoms with Crippen molar-refractivity contribution < 1.29 is 0 Å². The normalized spacial score (nSPS) is 35.7. The SMILES string of the molecule is CC1(CN2CCCC(C(C)(C)C)CC2)CCNC1. The summed E-state index contributed by atoms with van der Waals surface area (Å²) < 4.78 is 0. The topological polar surface area (TPSA) is 15.3 Å². The van der Waals surface area contributed by atoms with Gasteiger partial charge < -0.3 is 10.2 Å². The van der Waals surface area contributed by atoms with Crippen LogP contribution in [0, 0.1) is 16.7 Å². The molecule has 0 aromatic rings. The Morgan fingerprint density at radius 2 is 2.00 bits per heavy atom. The molecule has 2 nitrogen and oxygen atoms in total.